The molecule has 0 spiro atoms. The summed E-state index contributed by atoms with van der Waals surface area (Å²) in [6, 6.07) is 0. The van der Waals surface area contributed by atoms with Crippen LogP contribution >= 0.6 is 11.3 Å². The molecule has 0 saturated heterocycles. The molecular weight excluding hydrogens is 234 g/mol. The third kappa shape index (κ3) is 2.27. The Labute approximate surface area is 93.4 Å². The van der Waals surface area contributed by atoms with E-state index in [2.05, 4.69) is 4.72 Å². The fourth-order valence-corrected chi connectivity index (χ4v) is 4.25. The smallest absolute Gasteiger partial charge is 0.242 e. The van der Waals surface area contributed by atoms with Gasteiger partial charge in [-0.1, -0.05) is 6.92 Å². The number of sulfonamides is 1. The van der Waals surface area contributed by atoms with Crippen molar-refractivity contribution in [3.05, 3.63) is 15.3 Å². The number of aldehydes is 1. The van der Waals surface area contributed by atoms with Crippen molar-refractivity contribution < 1.29 is 13.2 Å². The highest BCUT2D eigenvalue weighted by molar-refractivity contribution is 7.89. The van der Waals surface area contributed by atoms with Crippen LogP contribution in [0.1, 0.15) is 27.0 Å². The number of nitrogens with one attached hydrogen (secondary N) is 1. The zero-order valence-electron chi connectivity index (χ0n) is 8.83. The first-order valence-electron chi connectivity index (χ1n) is 4.48. The Bertz CT molecular complexity index is 474. The van der Waals surface area contributed by atoms with E-state index in [1.165, 1.54) is 11.3 Å². The molecule has 4 nitrogen and oxygen atoms in total. The molecule has 1 aromatic rings. The van der Waals surface area contributed by atoms with Gasteiger partial charge >= 0.3 is 0 Å². The molecule has 1 rings (SSSR count). The van der Waals surface area contributed by atoms with Crippen LogP contribution in [0.2, 0.25) is 0 Å². The van der Waals surface area contributed by atoms with Gasteiger partial charge in [-0.2, -0.15) is 0 Å². The zero-order valence-corrected chi connectivity index (χ0v) is 10.5. The molecule has 0 aromatic carbocycles. The van der Waals surface area contributed by atoms with Crippen LogP contribution in [0.25, 0.3) is 0 Å². The van der Waals surface area contributed by atoms with Gasteiger partial charge in [-0.25, -0.2) is 13.1 Å². The number of aryl methyl sites for hydroxylation is 2. The van der Waals surface area contributed by atoms with E-state index in [4.69, 9.17) is 0 Å². The Balaban J connectivity index is 3.43. The van der Waals surface area contributed by atoms with Crippen molar-refractivity contribution in [1.82, 2.24) is 4.72 Å². The van der Waals surface area contributed by atoms with Gasteiger partial charge in [0.1, 0.15) is 4.90 Å². The molecule has 0 amide bonds. The predicted octanol–water partition coefficient (Wildman–Crippen LogP) is 1.48. The molecule has 1 heterocycles. The molecule has 0 atom stereocenters. The highest BCUT2D eigenvalue weighted by Gasteiger charge is 2.23. The number of hydrogen-bond donors (Lipinski definition) is 1. The summed E-state index contributed by atoms with van der Waals surface area (Å²) < 4.78 is 26.0. The fraction of sp³-hybridized carbons (Fsp3) is 0.444. The predicted molar refractivity (Wildman–Crippen MR) is 60.0 cm³/mol. The first-order valence-corrected chi connectivity index (χ1v) is 6.78. The molecule has 6 heteroatoms. The fourth-order valence-electron chi connectivity index (χ4n) is 1.41. The molecule has 0 aliphatic heterocycles. The van der Waals surface area contributed by atoms with Crippen LogP contribution in [0.5, 0.6) is 0 Å². The van der Waals surface area contributed by atoms with E-state index in [1.54, 1.807) is 20.8 Å². The number of hydrogen-bond acceptors (Lipinski definition) is 4. The summed E-state index contributed by atoms with van der Waals surface area (Å²) in [5, 5.41) is 0. The average molecular weight is 247 g/mol. The lowest BCUT2D eigenvalue weighted by molar-refractivity contribution is 0.112. The summed E-state index contributed by atoms with van der Waals surface area (Å²) in [6.07, 6.45) is 0.600. The molecule has 0 bridgehead atoms. The van der Waals surface area contributed by atoms with E-state index in [0.29, 0.717) is 17.7 Å². The van der Waals surface area contributed by atoms with Gasteiger partial charge in [0.05, 0.1) is 0 Å². The quantitative estimate of drug-likeness (QED) is 0.820. The van der Waals surface area contributed by atoms with Gasteiger partial charge in [-0.15, -0.1) is 11.3 Å². The Morgan fingerprint density at radius 3 is 2.40 bits per heavy atom. The molecule has 1 aromatic heterocycles. The van der Waals surface area contributed by atoms with Gasteiger partial charge < -0.3 is 0 Å². The van der Waals surface area contributed by atoms with Gasteiger partial charge in [0.15, 0.2) is 6.29 Å². The lowest BCUT2D eigenvalue weighted by Crippen LogP contribution is -2.24. The Morgan fingerprint density at radius 2 is 1.93 bits per heavy atom. The second kappa shape index (κ2) is 4.42. The van der Waals surface area contributed by atoms with Crippen molar-refractivity contribution in [3.63, 3.8) is 0 Å². The van der Waals surface area contributed by atoms with Crippen molar-refractivity contribution >= 4 is 27.6 Å². The van der Waals surface area contributed by atoms with E-state index in [1.807, 2.05) is 0 Å². The average Bonchev–Trinajstić information content (AvgIpc) is 2.40. The maximum Gasteiger partial charge on any atom is 0.242 e. The lowest BCUT2D eigenvalue weighted by atomic mass is 10.3. The van der Waals surface area contributed by atoms with Crippen LogP contribution in [0.4, 0.5) is 0 Å². The van der Waals surface area contributed by atoms with Crippen LogP contribution in [0, 0.1) is 13.8 Å². The summed E-state index contributed by atoms with van der Waals surface area (Å²) in [5.74, 6) is 0. The van der Waals surface area contributed by atoms with Gasteiger partial charge in [-0.3, -0.25) is 4.79 Å². The summed E-state index contributed by atoms with van der Waals surface area (Å²) >= 11 is 1.32. The molecule has 84 valence electrons. The van der Waals surface area contributed by atoms with Crippen LogP contribution in [0.3, 0.4) is 0 Å². The molecule has 0 unspecified atom stereocenters. The molecule has 0 radical (unpaired) electrons. The Hall–Kier alpha value is -0.720. The maximum absolute atomic E-state index is 11.8. The van der Waals surface area contributed by atoms with Gasteiger partial charge in [0, 0.05) is 21.9 Å². The molecule has 1 N–H and O–H groups in total. The minimum Gasteiger partial charge on any atom is -0.298 e. The number of thiophene rings is 1. The third-order valence-electron chi connectivity index (χ3n) is 1.97. The van der Waals surface area contributed by atoms with E-state index in [-0.39, 0.29) is 10.5 Å². The molecule has 0 saturated carbocycles. The number of carbonyl (C=O) groups is 1. The maximum atomic E-state index is 11.8. The minimum atomic E-state index is -3.53. The number of carbonyl (C=O) groups excluding carboxylic acids is 1. The Morgan fingerprint density at radius 1 is 1.33 bits per heavy atom. The summed E-state index contributed by atoms with van der Waals surface area (Å²) in [5.41, 5.74) is 0.276. The molecule has 15 heavy (non-hydrogen) atoms. The van der Waals surface area contributed by atoms with Gasteiger partial charge in [0.25, 0.3) is 0 Å². The zero-order chi connectivity index (χ0) is 11.6. The van der Waals surface area contributed by atoms with E-state index in [0.717, 1.165) is 4.88 Å². The molecule has 0 aliphatic carbocycles. The largest absolute Gasteiger partial charge is 0.298 e. The van der Waals surface area contributed by atoms with E-state index < -0.39 is 10.0 Å². The second-order valence-electron chi connectivity index (χ2n) is 3.08. The van der Waals surface area contributed by atoms with Crippen LogP contribution in [0.15, 0.2) is 4.90 Å². The van der Waals surface area contributed by atoms with Crippen LogP contribution in [-0.2, 0) is 10.0 Å². The minimum absolute atomic E-state index is 0.127. The lowest BCUT2D eigenvalue weighted by Gasteiger charge is -2.04. The van der Waals surface area contributed by atoms with E-state index in [9.17, 15) is 13.2 Å². The molecule has 0 fully saturated rings. The van der Waals surface area contributed by atoms with Crippen molar-refractivity contribution in [2.45, 2.75) is 25.7 Å². The second-order valence-corrected chi connectivity index (χ2v) is 6.21. The summed E-state index contributed by atoms with van der Waals surface area (Å²) in [4.78, 5) is 12.3. The molecule has 0 aliphatic rings. The summed E-state index contributed by atoms with van der Waals surface area (Å²) in [6.45, 7) is 5.46. The van der Waals surface area contributed by atoms with Crippen LogP contribution in [-0.4, -0.2) is 21.2 Å². The highest BCUT2D eigenvalue weighted by atomic mass is 32.2. The van der Waals surface area contributed by atoms with Crippen molar-refractivity contribution in [1.29, 1.82) is 0 Å². The highest BCUT2D eigenvalue weighted by Crippen LogP contribution is 2.29. The van der Waals surface area contributed by atoms with Crippen LogP contribution < -0.4 is 4.72 Å². The standard InChI is InChI=1S/C9H13NO3S2/c1-4-10-15(12,13)9-7(3)14-6(2)8(9)5-11/h5,10H,4H2,1-3H3. The van der Waals surface area contributed by atoms with Gasteiger partial charge in [-0.05, 0) is 13.8 Å². The SMILES string of the molecule is CCNS(=O)(=O)c1c(C)sc(C)c1C=O. The normalized spacial score (nSPS) is 11.7. The Kier molecular flexibility index (Phi) is 3.64. The summed E-state index contributed by atoms with van der Waals surface area (Å²) in [7, 11) is -3.53. The monoisotopic (exact) mass is 247 g/mol. The first kappa shape index (κ1) is 12.4. The van der Waals surface area contributed by atoms with Crippen molar-refractivity contribution in [2.24, 2.45) is 0 Å². The van der Waals surface area contributed by atoms with Crippen molar-refractivity contribution in [3.8, 4) is 0 Å². The van der Waals surface area contributed by atoms with Crippen molar-refractivity contribution in [2.75, 3.05) is 6.54 Å². The number of rotatable bonds is 4. The van der Waals surface area contributed by atoms with E-state index >= 15 is 0 Å². The molecular formula is C9H13NO3S2. The third-order valence-corrected chi connectivity index (χ3v) is 4.87. The first-order chi connectivity index (χ1) is 6.94. The van der Waals surface area contributed by atoms with Gasteiger partial charge in [0.2, 0.25) is 10.0 Å². The topological polar surface area (TPSA) is 63.2 Å².